The van der Waals surface area contributed by atoms with Crippen LogP contribution in [0.3, 0.4) is 0 Å². The predicted molar refractivity (Wildman–Crippen MR) is 170 cm³/mol. The lowest BCUT2D eigenvalue weighted by Crippen LogP contribution is -2.43. The van der Waals surface area contributed by atoms with Crippen molar-refractivity contribution in [3.8, 4) is 22.9 Å². The fourth-order valence-corrected chi connectivity index (χ4v) is 5.12. The molecule has 0 N–H and O–H groups in total. The minimum atomic E-state index is -2.05. The van der Waals surface area contributed by atoms with Crippen molar-refractivity contribution >= 4 is 42.6 Å². The number of benzene rings is 2. The largest absolute Gasteiger partial charge is 0.497 e. The number of nitrogens with zero attached hydrogens (tertiary/aromatic N) is 4. The molecule has 10 nitrogen and oxygen atoms in total. The Morgan fingerprint density at radius 3 is 2.37 bits per heavy atom. The van der Waals surface area contributed by atoms with E-state index in [1.54, 1.807) is 37.4 Å². The van der Waals surface area contributed by atoms with Gasteiger partial charge in [0.2, 0.25) is 11.7 Å². The maximum Gasteiger partial charge on any atom is 0.434 e. The molecule has 0 radical (unpaired) electrons. The molecule has 0 aliphatic heterocycles. The van der Waals surface area contributed by atoms with Crippen LogP contribution in [-0.2, 0) is 9.16 Å². The Morgan fingerprint density at radius 1 is 1.16 bits per heavy atom. The first kappa shape index (κ1) is 33.9. The van der Waals surface area contributed by atoms with E-state index in [4.69, 9.17) is 28.2 Å². The maximum atomic E-state index is 16.3. The zero-order valence-electron chi connectivity index (χ0n) is 26.3. The fourth-order valence-electron chi connectivity index (χ4n) is 3.52. The predicted octanol–water partition coefficient (Wildman–Crippen LogP) is 7.63. The van der Waals surface area contributed by atoms with E-state index < -0.39 is 26.3 Å². The Bertz CT molecular complexity index is 1480. The Kier molecular flexibility index (Phi) is 11.3. The van der Waals surface area contributed by atoms with Gasteiger partial charge < -0.3 is 23.2 Å². The molecule has 1 atom stereocenters. The minimum absolute atomic E-state index is 0.0162. The third kappa shape index (κ3) is 8.74. The molecule has 0 saturated carbocycles. The molecular formula is C30H39FN4O6SSi. The Morgan fingerprint density at radius 2 is 1.84 bits per heavy atom. The monoisotopic (exact) mass is 630 g/mol. The summed E-state index contributed by atoms with van der Waals surface area (Å²) in [7, 11) is 0.638. The number of ether oxygens (including phenoxy) is 3. The molecule has 2 aromatic carbocycles. The minimum Gasteiger partial charge on any atom is -0.497 e. The molecule has 1 unspecified atom stereocenters. The third-order valence-electron chi connectivity index (χ3n) is 6.97. The first-order valence-electron chi connectivity index (χ1n) is 13.6. The van der Waals surface area contributed by atoms with Crippen LogP contribution in [0.1, 0.15) is 39.1 Å². The number of aromatic nitrogens is 2. The maximum absolute atomic E-state index is 16.3. The first-order chi connectivity index (χ1) is 20.2. The van der Waals surface area contributed by atoms with Crippen molar-refractivity contribution in [1.82, 2.24) is 10.1 Å². The summed E-state index contributed by atoms with van der Waals surface area (Å²) < 4.78 is 43.9. The molecule has 0 saturated heterocycles. The van der Waals surface area contributed by atoms with Gasteiger partial charge in [-0.2, -0.15) is 9.98 Å². The second-order valence-corrected chi connectivity index (χ2v) is 16.8. The van der Waals surface area contributed by atoms with Crippen LogP contribution in [0.25, 0.3) is 11.4 Å². The molecular weight excluding hydrogens is 592 g/mol. The standard InChI is InChI=1S/C30H39FN4O6SSi/c1-18(17-39-43(9,10)30(3,4)5)40-24-16-22(37-6)15-23(25(24)31)26(28(42-8)34-29(36)38-7)33-21-13-11-20(12-14-21)27-32-19(2)41-35-27/h11-16,18H,17H2,1-10H3. The smallest absolute Gasteiger partial charge is 0.434 e. The number of carbonyl (C=O) groups is 1. The van der Waals surface area contributed by atoms with Crippen LogP contribution < -0.4 is 9.47 Å². The number of carbonyl (C=O) groups excluding carboxylic acids is 1. The fraction of sp³-hybridized carbons (Fsp3) is 0.433. The van der Waals surface area contributed by atoms with Crippen molar-refractivity contribution in [2.24, 2.45) is 9.98 Å². The molecule has 0 spiro atoms. The summed E-state index contributed by atoms with van der Waals surface area (Å²) in [6.07, 6.45) is 0.388. The first-order valence-corrected chi connectivity index (χ1v) is 17.7. The van der Waals surface area contributed by atoms with E-state index in [9.17, 15) is 4.79 Å². The number of methoxy groups -OCH3 is 2. The van der Waals surface area contributed by atoms with Crippen LogP contribution in [0, 0.1) is 12.7 Å². The zero-order chi connectivity index (χ0) is 31.9. The van der Waals surface area contributed by atoms with Crippen molar-refractivity contribution in [3.05, 3.63) is 53.7 Å². The van der Waals surface area contributed by atoms with Gasteiger partial charge in [0, 0.05) is 24.1 Å². The average molecular weight is 631 g/mol. The number of hydrogen-bond acceptors (Lipinski definition) is 10. The number of thioether (sulfide) groups is 1. The van der Waals surface area contributed by atoms with Gasteiger partial charge in [-0.3, -0.25) is 0 Å². The van der Waals surface area contributed by atoms with Crippen LogP contribution in [0.5, 0.6) is 11.5 Å². The number of rotatable bonds is 10. The molecule has 0 bridgehead atoms. The summed E-state index contributed by atoms with van der Waals surface area (Å²) in [4.78, 5) is 25.1. The van der Waals surface area contributed by atoms with Crippen molar-refractivity contribution < 1.29 is 32.3 Å². The van der Waals surface area contributed by atoms with Crippen molar-refractivity contribution in [2.75, 3.05) is 27.1 Å². The average Bonchev–Trinajstić information content (AvgIpc) is 3.40. The van der Waals surface area contributed by atoms with Gasteiger partial charge in [-0.1, -0.05) is 25.9 Å². The van der Waals surface area contributed by atoms with E-state index >= 15 is 4.39 Å². The summed E-state index contributed by atoms with van der Waals surface area (Å²) in [6, 6.07) is 9.91. The lowest BCUT2D eigenvalue weighted by Gasteiger charge is -2.36. The molecule has 1 amide bonds. The van der Waals surface area contributed by atoms with Gasteiger partial charge >= 0.3 is 6.09 Å². The highest BCUT2D eigenvalue weighted by Gasteiger charge is 2.37. The topological polar surface area (TPSA) is 118 Å². The van der Waals surface area contributed by atoms with E-state index in [0.29, 0.717) is 28.7 Å². The molecule has 43 heavy (non-hydrogen) atoms. The molecule has 0 aliphatic carbocycles. The third-order valence-corrected chi connectivity index (χ3v) is 12.1. The number of hydrogen-bond donors (Lipinski definition) is 0. The van der Waals surface area contributed by atoms with E-state index in [1.165, 1.54) is 26.4 Å². The lowest BCUT2D eigenvalue weighted by atomic mass is 10.1. The quantitative estimate of drug-likeness (QED) is 0.127. The van der Waals surface area contributed by atoms with Crippen LogP contribution in [0.4, 0.5) is 14.9 Å². The summed E-state index contributed by atoms with van der Waals surface area (Å²) in [5, 5.41) is 4.08. The van der Waals surface area contributed by atoms with Crippen LogP contribution >= 0.6 is 11.8 Å². The van der Waals surface area contributed by atoms with Gasteiger partial charge in [-0.05, 0) is 61.6 Å². The van der Waals surface area contributed by atoms with Crippen LogP contribution in [0.15, 0.2) is 50.9 Å². The second kappa shape index (κ2) is 14.3. The SMILES string of the molecule is COC(=O)N=C(SC)C(=Nc1ccc(-c2noc(C)n2)cc1)c1cc(OC)cc(OC(C)CO[Si](C)(C)C(C)(C)C)c1F. The molecule has 0 fully saturated rings. The molecule has 13 heteroatoms. The molecule has 3 aromatic rings. The van der Waals surface area contributed by atoms with Gasteiger partial charge in [0.05, 0.1) is 26.5 Å². The normalized spacial score (nSPS) is 13.6. The van der Waals surface area contributed by atoms with Gasteiger partial charge in [0.1, 0.15) is 22.6 Å². The van der Waals surface area contributed by atoms with E-state index in [2.05, 4.69) is 49.0 Å². The molecule has 232 valence electrons. The van der Waals surface area contributed by atoms with Crippen molar-refractivity contribution in [3.63, 3.8) is 0 Å². The van der Waals surface area contributed by atoms with E-state index in [-0.39, 0.29) is 33.7 Å². The Labute approximate surface area is 257 Å². The summed E-state index contributed by atoms with van der Waals surface area (Å²) >= 11 is 1.12. The molecule has 3 rings (SSSR count). The van der Waals surface area contributed by atoms with Gasteiger partial charge in [0.25, 0.3) is 0 Å². The van der Waals surface area contributed by atoms with Crippen LogP contribution in [-0.4, -0.2) is 68.5 Å². The van der Waals surface area contributed by atoms with Gasteiger partial charge in [-0.15, -0.1) is 11.8 Å². The second-order valence-electron chi connectivity index (χ2n) is 11.2. The van der Waals surface area contributed by atoms with Gasteiger partial charge in [-0.25, -0.2) is 14.2 Å². The molecule has 1 aromatic heterocycles. The number of aliphatic imine (C=N–C) groups is 2. The molecule has 1 heterocycles. The summed E-state index contributed by atoms with van der Waals surface area (Å²) in [6.45, 7) is 14.6. The number of aryl methyl sites for hydroxylation is 1. The highest BCUT2D eigenvalue weighted by atomic mass is 32.2. The Hall–Kier alpha value is -3.55. The van der Waals surface area contributed by atoms with Gasteiger partial charge in [0.15, 0.2) is 19.9 Å². The zero-order valence-corrected chi connectivity index (χ0v) is 28.1. The highest BCUT2D eigenvalue weighted by molar-refractivity contribution is 8.15. The van der Waals surface area contributed by atoms with Crippen molar-refractivity contribution in [2.45, 2.75) is 58.9 Å². The van der Waals surface area contributed by atoms with Crippen molar-refractivity contribution in [1.29, 1.82) is 0 Å². The number of amides is 1. The lowest BCUT2D eigenvalue weighted by molar-refractivity contribution is 0.129. The Balaban J connectivity index is 2.07. The summed E-state index contributed by atoms with van der Waals surface area (Å²) in [5.41, 5.74) is 1.29. The number of halogens is 1. The molecule has 0 aliphatic rings. The van der Waals surface area contributed by atoms with E-state index in [0.717, 1.165) is 11.8 Å². The summed E-state index contributed by atoms with van der Waals surface area (Å²) in [5.74, 6) is 0.463. The van der Waals surface area contributed by atoms with E-state index in [1.807, 2.05) is 6.92 Å². The van der Waals surface area contributed by atoms with Crippen LogP contribution in [0.2, 0.25) is 18.1 Å². The highest BCUT2D eigenvalue weighted by Crippen LogP contribution is 2.37.